The number of nitrogens with one attached hydrogen (secondary N) is 1. The van der Waals surface area contributed by atoms with Gasteiger partial charge in [-0.15, -0.1) is 10.2 Å². The fraction of sp³-hybridized carbons (Fsp3) is 0.190. The molecule has 2 aromatic heterocycles. The first-order valence-electron chi connectivity index (χ1n) is 10.4. The number of carbonyl (C=O) groups excluding carboxylic acids is 2. The summed E-state index contributed by atoms with van der Waals surface area (Å²) in [5.74, 6) is -1.22. The molecule has 185 valence electrons. The summed E-state index contributed by atoms with van der Waals surface area (Å²) in [6.45, 7) is 2.93. The zero-order chi connectivity index (χ0) is 26.4. The van der Waals surface area contributed by atoms with Gasteiger partial charge in [0, 0.05) is 34.6 Å². The zero-order valence-electron chi connectivity index (χ0n) is 19.3. The van der Waals surface area contributed by atoms with Crippen molar-refractivity contribution in [1.82, 2.24) is 15.2 Å². The fourth-order valence-corrected chi connectivity index (χ4v) is 3.82. The predicted octanol–water partition coefficient (Wildman–Crippen LogP) is 3.44. The molecule has 3 rings (SSSR count). The maximum atomic E-state index is 14.1. The molecule has 0 aliphatic carbocycles. The van der Waals surface area contributed by atoms with Crippen LogP contribution in [-0.2, 0) is 4.79 Å². The Hall–Kier alpha value is -3.41. The highest BCUT2D eigenvalue weighted by Crippen LogP contribution is 2.37. The number of methoxy groups -OCH3 is 1. The molecule has 15 heteroatoms. The van der Waals surface area contributed by atoms with E-state index in [0.29, 0.717) is 11.9 Å². The van der Waals surface area contributed by atoms with Crippen LogP contribution in [-0.4, -0.2) is 53.9 Å². The van der Waals surface area contributed by atoms with Gasteiger partial charge in [-0.1, -0.05) is 23.2 Å². The van der Waals surface area contributed by atoms with E-state index in [2.05, 4.69) is 20.5 Å². The lowest BCUT2D eigenvalue weighted by atomic mass is 9.73. The van der Waals surface area contributed by atoms with E-state index < -0.39 is 24.9 Å². The van der Waals surface area contributed by atoms with Gasteiger partial charge in [-0.3, -0.25) is 4.79 Å². The van der Waals surface area contributed by atoms with Gasteiger partial charge in [0.05, 0.1) is 12.1 Å². The van der Waals surface area contributed by atoms with Crippen LogP contribution in [0.15, 0.2) is 36.5 Å². The zero-order valence-corrected chi connectivity index (χ0v) is 20.8. The summed E-state index contributed by atoms with van der Waals surface area (Å²) in [6.07, 6.45) is 0.942. The SMILES string of the molecule is COc1cc(NC(=O)c2cc(OC(C)c3c(Cl)ccc(F)c3Cl)c(N([B]C=O)B(C)O)nn2)ccn1. The van der Waals surface area contributed by atoms with E-state index in [1.165, 1.54) is 38.3 Å². The Labute approximate surface area is 217 Å². The second kappa shape index (κ2) is 12.0. The summed E-state index contributed by atoms with van der Waals surface area (Å²) >= 11 is 12.3. The van der Waals surface area contributed by atoms with Crippen molar-refractivity contribution in [3.63, 3.8) is 0 Å². The minimum Gasteiger partial charge on any atom is -0.482 e. The quantitative estimate of drug-likeness (QED) is 0.229. The molecule has 2 heterocycles. The van der Waals surface area contributed by atoms with Crippen LogP contribution in [0.25, 0.3) is 0 Å². The molecule has 3 aromatic rings. The van der Waals surface area contributed by atoms with Crippen LogP contribution in [0.5, 0.6) is 11.6 Å². The lowest BCUT2D eigenvalue weighted by molar-refractivity contribution is 0.102. The Morgan fingerprint density at radius 3 is 2.72 bits per heavy atom. The predicted molar refractivity (Wildman–Crippen MR) is 135 cm³/mol. The van der Waals surface area contributed by atoms with Gasteiger partial charge in [0.2, 0.25) is 5.88 Å². The first kappa shape index (κ1) is 27.2. The fourth-order valence-electron chi connectivity index (χ4n) is 3.14. The maximum absolute atomic E-state index is 14.1. The monoisotopic (exact) mass is 532 g/mol. The van der Waals surface area contributed by atoms with Crippen LogP contribution in [0.2, 0.25) is 16.9 Å². The number of ether oxygens (including phenoxy) is 2. The molecule has 0 spiro atoms. The smallest absolute Gasteiger partial charge is 0.397 e. The van der Waals surface area contributed by atoms with Gasteiger partial charge in [0.15, 0.2) is 17.3 Å². The summed E-state index contributed by atoms with van der Waals surface area (Å²) < 4.78 is 26.2. The van der Waals surface area contributed by atoms with E-state index in [1.54, 1.807) is 13.0 Å². The molecular formula is C21H19B2Cl2FN5O5. The first-order valence-corrected chi connectivity index (χ1v) is 11.2. The Balaban J connectivity index is 2.01. The van der Waals surface area contributed by atoms with Gasteiger partial charge in [0.1, 0.15) is 18.1 Å². The third-order valence-corrected chi connectivity index (χ3v) is 5.55. The van der Waals surface area contributed by atoms with Gasteiger partial charge in [-0.25, -0.2) is 9.37 Å². The van der Waals surface area contributed by atoms with Crippen molar-refractivity contribution >= 4 is 61.3 Å². The van der Waals surface area contributed by atoms with Crippen molar-refractivity contribution in [2.75, 3.05) is 17.1 Å². The summed E-state index contributed by atoms with van der Waals surface area (Å²) in [7, 11) is 1.23. The van der Waals surface area contributed by atoms with Crippen LogP contribution < -0.4 is 19.5 Å². The number of aromatic nitrogens is 3. The number of carbonyl (C=O) groups is 2. The van der Waals surface area contributed by atoms with Crippen molar-refractivity contribution in [2.24, 2.45) is 0 Å². The molecule has 1 unspecified atom stereocenters. The van der Waals surface area contributed by atoms with Gasteiger partial charge in [-0.2, -0.15) is 0 Å². The van der Waals surface area contributed by atoms with Crippen molar-refractivity contribution in [1.29, 1.82) is 0 Å². The topological polar surface area (TPSA) is 127 Å². The van der Waals surface area contributed by atoms with E-state index in [-0.39, 0.29) is 38.8 Å². The molecule has 10 nitrogen and oxygen atoms in total. The summed E-state index contributed by atoms with van der Waals surface area (Å²) in [5.41, 5.74) is 0.371. The number of nitrogens with zero attached hydrogens (tertiary/aromatic N) is 4. The Kier molecular flexibility index (Phi) is 9.08. The number of pyridine rings is 1. The molecular weight excluding hydrogens is 514 g/mol. The van der Waals surface area contributed by atoms with Crippen molar-refractivity contribution in [3.8, 4) is 11.6 Å². The highest BCUT2D eigenvalue weighted by atomic mass is 35.5. The maximum Gasteiger partial charge on any atom is 0.397 e. The largest absolute Gasteiger partial charge is 0.482 e. The molecule has 0 bridgehead atoms. The average Bonchev–Trinajstić information content (AvgIpc) is 2.85. The Bertz CT molecular complexity index is 1270. The molecule has 0 aliphatic heterocycles. The molecule has 2 N–H and O–H groups in total. The molecule has 1 radical (unpaired) electrons. The summed E-state index contributed by atoms with van der Waals surface area (Å²) in [5, 5.41) is 20.6. The van der Waals surface area contributed by atoms with E-state index in [1.807, 2.05) is 0 Å². The molecule has 0 saturated heterocycles. The minimum atomic E-state index is -1.22. The average molecular weight is 533 g/mol. The molecule has 0 fully saturated rings. The normalized spacial score (nSPS) is 11.3. The molecule has 1 atom stereocenters. The van der Waals surface area contributed by atoms with Crippen LogP contribution in [0, 0.1) is 5.82 Å². The Morgan fingerprint density at radius 2 is 2.06 bits per heavy atom. The lowest BCUT2D eigenvalue weighted by Crippen LogP contribution is -2.42. The van der Waals surface area contributed by atoms with Crippen LogP contribution >= 0.6 is 23.2 Å². The molecule has 0 saturated carbocycles. The van der Waals surface area contributed by atoms with Crippen LogP contribution in [0.3, 0.4) is 0 Å². The molecule has 0 aliphatic rings. The van der Waals surface area contributed by atoms with Gasteiger partial charge >= 0.3 is 14.5 Å². The highest BCUT2D eigenvalue weighted by molar-refractivity contribution is 6.82. The number of amides is 1. The summed E-state index contributed by atoms with van der Waals surface area (Å²) in [6, 6.07) is 6.74. The number of rotatable bonds is 10. The standard InChI is InChI=1S/C21H19B2Cl2FN5O5/c1-11(18-13(24)4-5-14(26)19(18)25)36-16-9-15(29-30-20(16)31(22-10-32)23(2)34)21(33)28-12-6-7-27-17(8-12)35-3/h4-11,34H,1-3H3,(H,27,28,33). The van der Waals surface area contributed by atoms with Crippen molar-refractivity contribution in [2.45, 2.75) is 19.9 Å². The second-order valence-corrected chi connectivity index (χ2v) is 8.08. The highest BCUT2D eigenvalue weighted by Gasteiger charge is 2.27. The molecule has 36 heavy (non-hydrogen) atoms. The van der Waals surface area contributed by atoms with Crippen LogP contribution in [0.4, 0.5) is 15.9 Å². The van der Waals surface area contributed by atoms with Crippen molar-refractivity contribution in [3.05, 3.63) is 63.6 Å². The third kappa shape index (κ3) is 6.23. The first-order chi connectivity index (χ1) is 17.2. The number of hydrogen-bond donors (Lipinski definition) is 2. The number of halogens is 3. The van der Waals surface area contributed by atoms with Gasteiger partial charge in [0.25, 0.3) is 5.91 Å². The van der Waals surface area contributed by atoms with E-state index in [0.717, 1.165) is 18.2 Å². The lowest BCUT2D eigenvalue weighted by Gasteiger charge is -2.26. The number of hydrogen-bond acceptors (Lipinski definition) is 9. The third-order valence-electron chi connectivity index (χ3n) is 4.83. The van der Waals surface area contributed by atoms with E-state index >= 15 is 0 Å². The van der Waals surface area contributed by atoms with Gasteiger partial charge < -0.3 is 29.3 Å². The van der Waals surface area contributed by atoms with E-state index in [9.17, 15) is 19.0 Å². The molecule has 1 amide bonds. The van der Waals surface area contributed by atoms with Gasteiger partial charge in [-0.05, 0) is 31.9 Å². The second-order valence-electron chi connectivity index (χ2n) is 7.30. The number of anilines is 2. The summed E-state index contributed by atoms with van der Waals surface area (Å²) in [4.78, 5) is 28.0. The minimum absolute atomic E-state index is 0.0645. The Morgan fingerprint density at radius 1 is 1.31 bits per heavy atom. The number of benzene rings is 1. The van der Waals surface area contributed by atoms with E-state index in [4.69, 9.17) is 32.7 Å². The van der Waals surface area contributed by atoms with Crippen LogP contribution in [0.1, 0.15) is 29.1 Å². The van der Waals surface area contributed by atoms with Crippen molar-refractivity contribution < 1.29 is 28.5 Å². The molecule has 1 aromatic carbocycles.